The molecule has 0 unspecified atom stereocenters. The molecule has 1 aliphatic rings. The van der Waals surface area contributed by atoms with Gasteiger partial charge in [-0.1, -0.05) is 11.6 Å². The van der Waals surface area contributed by atoms with Crippen LogP contribution in [-0.4, -0.2) is 32.9 Å². The van der Waals surface area contributed by atoms with Crippen molar-refractivity contribution in [2.75, 3.05) is 23.3 Å². The van der Waals surface area contributed by atoms with Crippen molar-refractivity contribution in [3.05, 3.63) is 86.9 Å². The molecule has 1 aliphatic heterocycles. The summed E-state index contributed by atoms with van der Waals surface area (Å²) < 4.78 is 33.0. The molecule has 34 heavy (non-hydrogen) atoms. The van der Waals surface area contributed by atoms with E-state index in [-0.39, 0.29) is 21.2 Å². The van der Waals surface area contributed by atoms with Crippen LogP contribution in [0, 0.1) is 10.1 Å². The van der Waals surface area contributed by atoms with Crippen molar-refractivity contribution in [1.82, 2.24) is 0 Å². The monoisotopic (exact) mass is 501 g/mol. The predicted octanol–water partition coefficient (Wildman–Crippen LogP) is 4.65. The Morgan fingerprint density at radius 3 is 2.53 bits per heavy atom. The number of hydrogen-bond donors (Lipinski definition) is 1. The topological polar surface area (TPSA) is 119 Å². The zero-order valence-corrected chi connectivity index (χ0v) is 19.6. The summed E-state index contributed by atoms with van der Waals surface area (Å²) in [6.07, 6.45) is 1.24. The highest BCUT2D eigenvalue weighted by atomic mass is 35.5. The molecule has 0 aromatic heterocycles. The van der Waals surface area contributed by atoms with Crippen LogP contribution in [-0.2, 0) is 16.4 Å². The lowest BCUT2D eigenvalue weighted by Gasteiger charge is -2.31. The molecular weight excluding hydrogens is 482 g/mol. The molecule has 0 spiro atoms. The molecule has 1 N–H and O–H groups in total. The molecule has 1 heterocycles. The molecule has 176 valence electrons. The van der Waals surface area contributed by atoms with E-state index in [0.29, 0.717) is 36.5 Å². The summed E-state index contributed by atoms with van der Waals surface area (Å²) in [5, 5.41) is 13.8. The van der Waals surface area contributed by atoms with E-state index in [1.165, 1.54) is 35.7 Å². The number of halogens is 1. The van der Waals surface area contributed by atoms with Gasteiger partial charge in [-0.25, -0.2) is 8.42 Å². The number of hydrogen-bond acceptors (Lipinski definition) is 6. The highest BCUT2D eigenvalue weighted by molar-refractivity contribution is 7.92. The minimum absolute atomic E-state index is 0.0303. The van der Waals surface area contributed by atoms with Gasteiger partial charge in [0.15, 0.2) is 0 Å². The molecule has 0 atom stereocenters. The van der Waals surface area contributed by atoms with Crippen LogP contribution in [0.15, 0.2) is 65.6 Å². The van der Waals surface area contributed by atoms with Crippen LogP contribution >= 0.6 is 11.6 Å². The number of sulfonamides is 1. The number of ether oxygens (including phenoxy) is 1. The van der Waals surface area contributed by atoms with E-state index >= 15 is 0 Å². The van der Waals surface area contributed by atoms with Crippen LogP contribution < -0.4 is 14.4 Å². The number of benzene rings is 3. The maximum absolute atomic E-state index is 13.3. The smallest absolute Gasteiger partial charge is 0.270 e. The van der Waals surface area contributed by atoms with Crippen molar-refractivity contribution >= 4 is 44.6 Å². The van der Waals surface area contributed by atoms with Gasteiger partial charge in [0.2, 0.25) is 0 Å². The third kappa shape index (κ3) is 4.55. The second-order valence-electron chi connectivity index (χ2n) is 7.58. The van der Waals surface area contributed by atoms with Gasteiger partial charge in [-0.15, -0.1) is 0 Å². The Morgan fingerprint density at radius 1 is 1.12 bits per heavy atom. The van der Waals surface area contributed by atoms with Gasteiger partial charge < -0.3 is 10.1 Å². The summed E-state index contributed by atoms with van der Waals surface area (Å²) >= 11 is 6.06. The number of non-ortho nitro benzene ring substituents is 1. The summed E-state index contributed by atoms with van der Waals surface area (Å²) in [5.41, 5.74) is 1.44. The van der Waals surface area contributed by atoms with E-state index in [0.717, 1.165) is 11.6 Å². The van der Waals surface area contributed by atoms with Gasteiger partial charge >= 0.3 is 0 Å². The number of carbonyl (C=O) groups excluding carboxylic acids is 1. The van der Waals surface area contributed by atoms with Crippen molar-refractivity contribution < 1.29 is 22.9 Å². The van der Waals surface area contributed by atoms with Gasteiger partial charge in [-0.3, -0.25) is 19.2 Å². The average Bonchev–Trinajstić information content (AvgIpc) is 2.83. The second-order valence-corrected chi connectivity index (χ2v) is 9.84. The highest BCUT2D eigenvalue weighted by Gasteiger charge is 2.29. The molecule has 3 aromatic rings. The molecular formula is C23H20ClN3O6S. The number of nitro benzene ring substituents is 1. The fourth-order valence-electron chi connectivity index (χ4n) is 3.76. The highest BCUT2D eigenvalue weighted by Crippen LogP contribution is 2.34. The molecule has 1 amide bonds. The normalized spacial score (nSPS) is 13.2. The molecule has 0 fully saturated rings. The van der Waals surface area contributed by atoms with Crippen molar-refractivity contribution in [2.24, 2.45) is 0 Å². The number of methoxy groups -OCH3 is 1. The number of aryl methyl sites for hydroxylation is 1. The Bertz CT molecular complexity index is 1380. The van der Waals surface area contributed by atoms with Gasteiger partial charge in [-0.05, 0) is 66.9 Å². The zero-order chi connectivity index (χ0) is 24.5. The third-order valence-electron chi connectivity index (χ3n) is 5.47. The number of amides is 1. The minimum Gasteiger partial charge on any atom is -0.497 e. The van der Waals surface area contributed by atoms with Crippen LogP contribution in [0.1, 0.15) is 22.3 Å². The van der Waals surface area contributed by atoms with E-state index in [9.17, 15) is 23.3 Å². The van der Waals surface area contributed by atoms with Crippen LogP contribution in [0.3, 0.4) is 0 Å². The fourth-order valence-corrected chi connectivity index (χ4v) is 5.51. The number of anilines is 2. The lowest BCUT2D eigenvalue weighted by Crippen LogP contribution is -2.35. The van der Waals surface area contributed by atoms with Gasteiger partial charge in [0.05, 0.1) is 33.2 Å². The average molecular weight is 502 g/mol. The number of nitrogens with zero attached hydrogens (tertiary/aromatic N) is 2. The van der Waals surface area contributed by atoms with Crippen LogP contribution in [0.2, 0.25) is 5.02 Å². The standard InChI is InChI=1S/C23H20ClN3O6S/c1-33-18-6-8-19(9-7-18)34(31,32)26-12-2-3-15-13-16(4-11-22(15)26)25-23(28)20-14-17(27(29)30)5-10-21(20)24/h4-11,13-14H,2-3,12H2,1H3,(H,25,28). The summed E-state index contributed by atoms with van der Waals surface area (Å²) in [6.45, 7) is 0.330. The van der Waals surface area contributed by atoms with E-state index in [4.69, 9.17) is 16.3 Å². The molecule has 11 heteroatoms. The molecule has 3 aromatic carbocycles. The summed E-state index contributed by atoms with van der Waals surface area (Å²) in [4.78, 5) is 23.3. The lowest BCUT2D eigenvalue weighted by molar-refractivity contribution is -0.384. The van der Waals surface area contributed by atoms with Gasteiger partial charge in [0.1, 0.15) is 5.75 Å². The molecule has 0 radical (unpaired) electrons. The fraction of sp³-hybridized carbons (Fsp3) is 0.174. The summed E-state index contributed by atoms with van der Waals surface area (Å²) in [5.74, 6) is -0.0469. The first kappa shape index (κ1) is 23.5. The first-order valence-electron chi connectivity index (χ1n) is 10.3. The minimum atomic E-state index is -3.79. The SMILES string of the molecule is COc1ccc(S(=O)(=O)N2CCCc3cc(NC(=O)c4cc([N+](=O)[O-])ccc4Cl)ccc32)cc1. The van der Waals surface area contributed by atoms with Crippen molar-refractivity contribution in [2.45, 2.75) is 17.7 Å². The number of fused-ring (bicyclic) bond motifs is 1. The van der Waals surface area contributed by atoms with Crippen molar-refractivity contribution in [1.29, 1.82) is 0 Å². The van der Waals surface area contributed by atoms with Crippen LogP contribution in [0.4, 0.5) is 17.1 Å². The largest absolute Gasteiger partial charge is 0.497 e. The van der Waals surface area contributed by atoms with Gasteiger partial charge in [-0.2, -0.15) is 0 Å². The Labute approximate surface area is 201 Å². The number of carbonyl (C=O) groups is 1. The lowest BCUT2D eigenvalue weighted by atomic mass is 10.0. The summed E-state index contributed by atoms with van der Waals surface area (Å²) in [6, 6.07) is 14.7. The number of nitrogens with one attached hydrogen (secondary N) is 1. The molecule has 0 aliphatic carbocycles. The number of nitro groups is 1. The molecule has 4 rings (SSSR count). The first-order chi connectivity index (χ1) is 16.2. The summed E-state index contributed by atoms with van der Waals surface area (Å²) in [7, 11) is -2.28. The Morgan fingerprint density at radius 2 is 1.85 bits per heavy atom. The van der Waals surface area contributed by atoms with E-state index in [1.807, 2.05) is 0 Å². The first-order valence-corrected chi connectivity index (χ1v) is 12.1. The van der Waals surface area contributed by atoms with Gasteiger partial charge in [0, 0.05) is 24.4 Å². The van der Waals surface area contributed by atoms with E-state index in [2.05, 4.69) is 5.32 Å². The molecule has 0 saturated carbocycles. The zero-order valence-electron chi connectivity index (χ0n) is 18.0. The van der Waals surface area contributed by atoms with E-state index < -0.39 is 20.9 Å². The van der Waals surface area contributed by atoms with Crippen LogP contribution in [0.25, 0.3) is 0 Å². The predicted molar refractivity (Wildman–Crippen MR) is 128 cm³/mol. The number of rotatable bonds is 6. The van der Waals surface area contributed by atoms with Gasteiger partial charge in [0.25, 0.3) is 21.6 Å². The Kier molecular flexibility index (Phi) is 6.45. The van der Waals surface area contributed by atoms with Crippen LogP contribution in [0.5, 0.6) is 5.75 Å². The Hall–Kier alpha value is -3.63. The van der Waals surface area contributed by atoms with Crippen molar-refractivity contribution in [3.63, 3.8) is 0 Å². The maximum atomic E-state index is 13.3. The third-order valence-corrected chi connectivity index (χ3v) is 7.62. The quantitative estimate of drug-likeness (QED) is 0.388. The molecule has 0 bridgehead atoms. The van der Waals surface area contributed by atoms with E-state index in [1.54, 1.807) is 30.3 Å². The van der Waals surface area contributed by atoms with Crippen molar-refractivity contribution in [3.8, 4) is 5.75 Å². The Balaban J connectivity index is 1.60. The molecule has 9 nitrogen and oxygen atoms in total. The molecule has 0 saturated heterocycles. The maximum Gasteiger partial charge on any atom is 0.270 e. The second kappa shape index (κ2) is 9.32.